The highest BCUT2D eigenvalue weighted by Crippen LogP contribution is 2.50. The average molecular weight is 818 g/mol. The number of hydrogen-bond acceptors (Lipinski definition) is 0. The highest BCUT2D eigenvalue weighted by atomic mass is 15.0. The lowest BCUT2D eigenvalue weighted by atomic mass is 9.44. The Bertz CT molecular complexity index is 4200. The van der Waals surface area contributed by atoms with Crippen LogP contribution in [0.5, 0.6) is 0 Å². The second-order valence-corrected chi connectivity index (χ2v) is 20.9. The minimum absolute atomic E-state index is 0.0133. The van der Waals surface area contributed by atoms with Gasteiger partial charge in [0.1, 0.15) is 0 Å². The molecule has 3 nitrogen and oxygen atoms in total. The number of fused-ring (bicyclic) bond motifs is 15. The Kier molecular flexibility index (Phi) is 6.29. The van der Waals surface area contributed by atoms with E-state index >= 15 is 0 Å². The summed E-state index contributed by atoms with van der Waals surface area (Å²) >= 11 is 0. The molecule has 0 unspecified atom stereocenters. The zero-order valence-corrected chi connectivity index (χ0v) is 36.9. The van der Waals surface area contributed by atoms with Gasteiger partial charge in [-0.1, -0.05) is 151 Å². The average Bonchev–Trinajstić information content (AvgIpc) is 3.94. The van der Waals surface area contributed by atoms with Crippen LogP contribution in [-0.4, -0.2) is 20.5 Å². The zero-order chi connectivity index (χ0) is 42.7. The first kappa shape index (κ1) is 35.2. The summed E-state index contributed by atoms with van der Waals surface area (Å²) in [5.74, 6) is 0. The molecule has 0 N–H and O–H groups in total. The van der Waals surface area contributed by atoms with Crippen molar-refractivity contribution in [3.05, 3.63) is 169 Å². The SMILES string of the molecule is CC(C)(C)c1ccc2c(c1)c1cc(C(C)(C)C)cc3c1n2-c1c2c(c4ccc5cc(-n6c7ccccc7c7ccccc76)cc6ccc1c4c56)-c1cccc4c5ccccc5n(c14)B23. The maximum absolute atomic E-state index is 2.73. The van der Waals surface area contributed by atoms with Crippen molar-refractivity contribution in [2.75, 3.05) is 0 Å². The highest BCUT2D eigenvalue weighted by Gasteiger charge is 2.44. The lowest BCUT2D eigenvalue weighted by Gasteiger charge is -2.36. The molecule has 0 atom stereocenters. The normalized spacial score (nSPS) is 13.8. The van der Waals surface area contributed by atoms with E-state index in [2.05, 4.69) is 213 Å². The van der Waals surface area contributed by atoms with Crippen LogP contribution in [0.4, 0.5) is 0 Å². The van der Waals surface area contributed by atoms with Gasteiger partial charge >= 0.3 is 6.85 Å². The Balaban J connectivity index is 1.15. The molecular weight excluding hydrogens is 773 g/mol. The number of para-hydroxylation sites is 4. The van der Waals surface area contributed by atoms with E-state index in [1.807, 2.05) is 0 Å². The third kappa shape index (κ3) is 4.16. The Morgan fingerprint density at radius 3 is 1.69 bits per heavy atom. The molecule has 10 aromatic carbocycles. The summed E-state index contributed by atoms with van der Waals surface area (Å²) in [6.07, 6.45) is 0. The molecule has 2 aliphatic heterocycles. The van der Waals surface area contributed by atoms with Gasteiger partial charge in [-0.3, -0.25) is 0 Å². The van der Waals surface area contributed by atoms with Crippen molar-refractivity contribution < 1.29 is 0 Å². The van der Waals surface area contributed by atoms with Crippen molar-refractivity contribution in [1.29, 1.82) is 0 Å². The van der Waals surface area contributed by atoms with Gasteiger partial charge in [0.05, 0.1) is 27.8 Å². The highest BCUT2D eigenvalue weighted by molar-refractivity contribution is 6.90. The van der Waals surface area contributed by atoms with E-state index in [-0.39, 0.29) is 17.7 Å². The monoisotopic (exact) mass is 817 g/mol. The first-order valence-electron chi connectivity index (χ1n) is 23.0. The second kappa shape index (κ2) is 11.4. The molecule has 64 heavy (non-hydrogen) atoms. The van der Waals surface area contributed by atoms with Crippen LogP contribution in [0.25, 0.3) is 120 Å². The van der Waals surface area contributed by atoms with E-state index in [9.17, 15) is 0 Å². The van der Waals surface area contributed by atoms with Gasteiger partial charge in [0.15, 0.2) is 0 Å². The van der Waals surface area contributed by atoms with Crippen LogP contribution >= 0.6 is 0 Å². The van der Waals surface area contributed by atoms with E-state index < -0.39 is 0 Å². The maximum Gasteiger partial charge on any atom is 0.333 e. The molecule has 0 saturated heterocycles. The van der Waals surface area contributed by atoms with Crippen molar-refractivity contribution in [1.82, 2.24) is 13.6 Å². The fourth-order valence-corrected chi connectivity index (χ4v) is 12.6. The Morgan fingerprint density at radius 2 is 1.00 bits per heavy atom. The van der Waals surface area contributed by atoms with Gasteiger partial charge in [-0.15, -0.1) is 0 Å². The first-order valence-corrected chi connectivity index (χ1v) is 23.0. The van der Waals surface area contributed by atoms with Crippen LogP contribution in [0, 0.1) is 0 Å². The van der Waals surface area contributed by atoms with Crippen LogP contribution in [0.3, 0.4) is 0 Å². The molecule has 2 aliphatic rings. The van der Waals surface area contributed by atoms with Crippen LogP contribution in [0.1, 0.15) is 52.7 Å². The largest absolute Gasteiger partial charge is 0.375 e. The molecule has 15 rings (SSSR count). The molecule has 0 fully saturated rings. The van der Waals surface area contributed by atoms with Crippen LogP contribution in [0.2, 0.25) is 0 Å². The van der Waals surface area contributed by atoms with Crippen molar-refractivity contribution in [3.63, 3.8) is 0 Å². The number of nitrogens with zero attached hydrogens (tertiary/aromatic N) is 3. The van der Waals surface area contributed by atoms with Crippen LogP contribution in [-0.2, 0) is 10.8 Å². The third-order valence-electron chi connectivity index (χ3n) is 15.4. The predicted molar refractivity (Wildman–Crippen MR) is 275 cm³/mol. The second-order valence-electron chi connectivity index (χ2n) is 20.9. The number of aromatic nitrogens is 3. The van der Waals surface area contributed by atoms with Crippen molar-refractivity contribution in [3.8, 4) is 22.5 Å². The van der Waals surface area contributed by atoms with Gasteiger partial charge in [-0.25, -0.2) is 0 Å². The number of hydrogen-bond donors (Lipinski definition) is 0. The molecule has 3 aromatic heterocycles. The lowest BCUT2D eigenvalue weighted by molar-refractivity contribution is 0.590. The molecule has 0 radical (unpaired) electrons. The molecule has 302 valence electrons. The molecule has 0 amide bonds. The fourth-order valence-electron chi connectivity index (χ4n) is 12.6. The van der Waals surface area contributed by atoms with E-state index in [0.717, 1.165) is 0 Å². The molecule has 0 aliphatic carbocycles. The van der Waals surface area contributed by atoms with Crippen molar-refractivity contribution in [2.45, 2.75) is 52.4 Å². The van der Waals surface area contributed by atoms with Gasteiger partial charge in [0, 0.05) is 65.4 Å². The third-order valence-corrected chi connectivity index (χ3v) is 15.4. The molecular formula is C60H44BN3. The van der Waals surface area contributed by atoms with Gasteiger partial charge in [-0.2, -0.15) is 0 Å². The standard InChI is InChI=1S/C60H44BN3/c1-59(2,3)35-24-27-50-45(30-35)46-31-36(60(4,5)6)32-47-57(46)63(50)58-44-26-23-34-29-37(62-48-19-10-7-14-38(48)39-15-8-11-20-49(39)62)28-33-22-25-42(53(44)52(33)34)54-43-18-13-17-41-40-16-9-12-21-51(40)64(56(41)43)61(47)55(54)58/h7-32H,1-6H3. The summed E-state index contributed by atoms with van der Waals surface area (Å²) in [4.78, 5) is 0. The Labute approximate surface area is 371 Å². The summed E-state index contributed by atoms with van der Waals surface area (Å²) in [6, 6.07) is 60.9. The molecule has 4 heteroatoms. The lowest BCUT2D eigenvalue weighted by Crippen LogP contribution is -2.55. The van der Waals surface area contributed by atoms with Crippen molar-refractivity contribution in [2.24, 2.45) is 0 Å². The van der Waals surface area contributed by atoms with E-state index in [0.29, 0.717) is 0 Å². The smallest absolute Gasteiger partial charge is 0.333 e. The van der Waals surface area contributed by atoms with Gasteiger partial charge in [-0.05, 0) is 109 Å². The fraction of sp³-hybridized carbons (Fsp3) is 0.133. The summed E-state index contributed by atoms with van der Waals surface area (Å²) in [6.45, 7) is 14.1. The van der Waals surface area contributed by atoms with Gasteiger partial charge in [0.25, 0.3) is 0 Å². The molecule has 0 spiro atoms. The summed E-state index contributed by atoms with van der Waals surface area (Å²) in [5.41, 5.74) is 18.4. The summed E-state index contributed by atoms with van der Waals surface area (Å²) < 4.78 is 7.89. The number of benzene rings is 10. The van der Waals surface area contributed by atoms with Crippen molar-refractivity contribution >= 4 is 116 Å². The summed E-state index contributed by atoms with van der Waals surface area (Å²) in [5, 5.41) is 15.8. The minimum Gasteiger partial charge on any atom is -0.375 e. The van der Waals surface area contributed by atoms with Gasteiger partial charge in [0.2, 0.25) is 0 Å². The van der Waals surface area contributed by atoms with E-state index in [4.69, 9.17) is 0 Å². The summed E-state index contributed by atoms with van der Waals surface area (Å²) in [7, 11) is 0. The predicted octanol–water partition coefficient (Wildman–Crippen LogP) is 14.4. The maximum atomic E-state index is 2.73. The molecule has 0 bridgehead atoms. The molecule has 0 saturated carbocycles. The minimum atomic E-state index is -0.0456. The van der Waals surface area contributed by atoms with Crippen LogP contribution < -0.4 is 10.9 Å². The Morgan fingerprint density at radius 1 is 0.406 bits per heavy atom. The van der Waals surface area contributed by atoms with E-state index in [1.54, 1.807) is 0 Å². The van der Waals surface area contributed by atoms with Crippen LogP contribution in [0.15, 0.2) is 158 Å². The topological polar surface area (TPSA) is 14.8 Å². The van der Waals surface area contributed by atoms with Gasteiger partial charge < -0.3 is 13.6 Å². The molecule has 5 heterocycles. The van der Waals surface area contributed by atoms with E-state index in [1.165, 1.54) is 142 Å². The number of rotatable bonds is 1. The first-order chi connectivity index (χ1) is 31.0. The molecule has 13 aromatic rings. The Hall–Kier alpha value is -7.30. The zero-order valence-electron chi connectivity index (χ0n) is 36.9. The quantitative estimate of drug-likeness (QED) is 0.116.